The minimum Gasteiger partial charge on any atom is -0.393 e. The van der Waals surface area contributed by atoms with Gasteiger partial charge in [0.25, 0.3) is 0 Å². The summed E-state index contributed by atoms with van der Waals surface area (Å²) in [6, 6.07) is 0. The van der Waals surface area contributed by atoms with Crippen molar-refractivity contribution in [2.45, 2.75) is 82.9 Å². The van der Waals surface area contributed by atoms with Crippen LogP contribution in [0.5, 0.6) is 0 Å². The average molecular weight is 290 g/mol. The molecule has 0 aromatic rings. The lowest BCUT2D eigenvalue weighted by molar-refractivity contribution is -0.109. The lowest BCUT2D eigenvalue weighted by Gasteiger charge is -2.30. The quantitative estimate of drug-likeness (QED) is 0.378. The molecule has 0 aromatic carbocycles. The zero-order valence-electron chi connectivity index (χ0n) is 12.4. The van der Waals surface area contributed by atoms with Crippen LogP contribution in [0.4, 0.5) is 0 Å². The Hall–Kier alpha value is -0.200. The molecule has 0 bridgehead atoms. The predicted octanol–water partition coefficient (Wildman–Crippen LogP) is 1.17. The van der Waals surface area contributed by atoms with Crippen molar-refractivity contribution in [3.05, 3.63) is 0 Å². The molecule has 5 unspecified atom stereocenters. The maximum absolute atomic E-state index is 9.86. The number of aliphatic hydroxyl groups excluding tert-OH is 4. The zero-order valence-corrected chi connectivity index (χ0v) is 12.4. The van der Waals surface area contributed by atoms with E-state index in [4.69, 9.17) is 9.84 Å². The van der Waals surface area contributed by atoms with E-state index in [9.17, 15) is 15.3 Å². The van der Waals surface area contributed by atoms with Gasteiger partial charge in [0.1, 0.15) is 0 Å². The highest BCUT2D eigenvalue weighted by atomic mass is 16.6. The number of rotatable bonds is 9. The largest absolute Gasteiger partial charge is 0.393 e. The maximum atomic E-state index is 9.86. The van der Waals surface area contributed by atoms with Gasteiger partial charge in [0.05, 0.1) is 24.9 Å². The highest BCUT2D eigenvalue weighted by Gasteiger charge is 2.27. The van der Waals surface area contributed by atoms with E-state index in [1.807, 2.05) is 0 Å². The standard InChI is InChI=1S/C15H30O5/c1-11(16)8-9-20-15(19)5-3-2-4-12-6-7-13(17)10-14(12)18/h11-19H,2-10H2,1H3. The summed E-state index contributed by atoms with van der Waals surface area (Å²) in [5.74, 6) is 0.284. The third-order valence-electron chi connectivity index (χ3n) is 4.05. The van der Waals surface area contributed by atoms with E-state index in [-0.39, 0.29) is 18.1 Å². The van der Waals surface area contributed by atoms with Gasteiger partial charge in [0, 0.05) is 0 Å². The van der Waals surface area contributed by atoms with E-state index in [0.29, 0.717) is 25.9 Å². The molecule has 0 heterocycles. The minimum absolute atomic E-state index is 0.284. The smallest absolute Gasteiger partial charge is 0.154 e. The Kier molecular flexibility index (Phi) is 8.64. The van der Waals surface area contributed by atoms with Crippen LogP contribution in [0.3, 0.4) is 0 Å². The lowest BCUT2D eigenvalue weighted by Crippen LogP contribution is -2.31. The summed E-state index contributed by atoms with van der Waals surface area (Å²) in [6.45, 7) is 2.07. The van der Waals surface area contributed by atoms with Gasteiger partial charge in [-0.05, 0) is 57.8 Å². The molecule has 20 heavy (non-hydrogen) atoms. The van der Waals surface area contributed by atoms with Gasteiger partial charge in [0.15, 0.2) is 6.29 Å². The monoisotopic (exact) mass is 290 g/mol. The van der Waals surface area contributed by atoms with Crippen LogP contribution in [0.25, 0.3) is 0 Å². The fourth-order valence-electron chi connectivity index (χ4n) is 2.71. The first kappa shape index (κ1) is 17.9. The van der Waals surface area contributed by atoms with Crippen LogP contribution in [0, 0.1) is 5.92 Å². The molecular weight excluding hydrogens is 260 g/mol. The van der Waals surface area contributed by atoms with E-state index in [1.165, 1.54) is 0 Å². The van der Waals surface area contributed by atoms with E-state index < -0.39 is 12.4 Å². The van der Waals surface area contributed by atoms with Crippen molar-refractivity contribution < 1.29 is 25.2 Å². The van der Waals surface area contributed by atoms with Crippen LogP contribution >= 0.6 is 0 Å². The number of hydrogen-bond donors (Lipinski definition) is 4. The van der Waals surface area contributed by atoms with Gasteiger partial charge < -0.3 is 25.2 Å². The summed E-state index contributed by atoms with van der Waals surface area (Å²) in [7, 11) is 0. The summed E-state index contributed by atoms with van der Waals surface area (Å²) in [5, 5.41) is 38.0. The minimum atomic E-state index is -0.758. The van der Waals surface area contributed by atoms with Gasteiger partial charge in [0.2, 0.25) is 0 Å². The summed E-state index contributed by atoms with van der Waals surface area (Å²) < 4.78 is 5.19. The first-order chi connectivity index (χ1) is 9.49. The van der Waals surface area contributed by atoms with Crippen LogP contribution < -0.4 is 0 Å². The molecule has 0 radical (unpaired) electrons. The molecule has 0 saturated heterocycles. The van der Waals surface area contributed by atoms with Gasteiger partial charge in [-0.25, -0.2) is 0 Å². The van der Waals surface area contributed by atoms with Crippen molar-refractivity contribution >= 4 is 0 Å². The van der Waals surface area contributed by atoms with Crippen molar-refractivity contribution in [1.82, 2.24) is 0 Å². The number of hydrogen-bond acceptors (Lipinski definition) is 5. The van der Waals surface area contributed by atoms with Crippen molar-refractivity contribution in [1.29, 1.82) is 0 Å². The lowest BCUT2D eigenvalue weighted by atomic mass is 9.82. The zero-order chi connectivity index (χ0) is 15.0. The van der Waals surface area contributed by atoms with Gasteiger partial charge in [-0.15, -0.1) is 0 Å². The molecule has 1 aliphatic carbocycles. The van der Waals surface area contributed by atoms with Crippen LogP contribution in [0.2, 0.25) is 0 Å². The topological polar surface area (TPSA) is 90.2 Å². The van der Waals surface area contributed by atoms with Gasteiger partial charge in [-0.3, -0.25) is 0 Å². The number of ether oxygens (including phenoxy) is 1. The third kappa shape index (κ3) is 7.55. The van der Waals surface area contributed by atoms with E-state index in [2.05, 4.69) is 0 Å². The van der Waals surface area contributed by atoms with E-state index >= 15 is 0 Å². The molecule has 1 aliphatic rings. The molecule has 0 aromatic heterocycles. The molecule has 1 rings (SSSR count). The van der Waals surface area contributed by atoms with Gasteiger partial charge >= 0.3 is 0 Å². The van der Waals surface area contributed by atoms with E-state index in [1.54, 1.807) is 6.92 Å². The maximum Gasteiger partial charge on any atom is 0.154 e. The molecule has 4 N–H and O–H groups in total. The second-order valence-corrected chi connectivity index (χ2v) is 6.04. The molecule has 0 spiro atoms. The van der Waals surface area contributed by atoms with Crippen molar-refractivity contribution in [2.24, 2.45) is 5.92 Å². The second kappa shape index (κ2) is 9.68. The summed E-state index contributed by atoms with van der Waals surface area (Å²) in [4.78, 5) is 0. The van der Waals surface area contributed by atoms with Gasteiger partial charge in [-0.2, -0.15) is 0 Å². The normalized spacial score (nSPS) is 30.1. The summed E-state index contributed by atoms with van der Waals surface area (Å²) in [6.07, 6.45) is 4.16. The van der Waals surface area contributed by atoms with Crippen molar-refractivity contribution in [2.75, 3.05) is 6.61 Å². The highest BCUT2D eigenvalue weighted by molar-refractivity contribution is 4.79. The van der Waals surface area contributed by atoms with Crippen molar-refractivity contribution in [3.8, 4) is 0 Å². The molecule has 1 saturated carbocycles. The summed E-state index contributed by atoms with van der Waals surface area (Å²) >= 11 is 0. The molecule has 5 nitrogen and oxygen atoms in total. The fourth-order valence-corrected chi connectivity index (χ4v) is 2.71. The average Bonchev–Trinajstić information content (AvgIpc) is 2.36. The Bertz CT molecular complexity index is 246. The van der Waals surface area contributed by atoms with Gasteiger partial charge in [-0.1, -0.05) is 6.42 Å². The van der Waals surface area contributed by atoms with Crippen LogP contribution in [0.1, 0.15) is 58.3 Å². The molecule has 120 valence electrons. The number of aliphatic hydroxyl groups is 4. The van der Waals surface area contributed by atoms with Crippen LogP contribution in [0.15, 0.2) is 0 Å². The second-order valence-electron chi connectivity index (χ2n) is 6.04. The molecule has 0 amide bonds. The number of unbranched alkanes of at least 4 members (excludes halogenated alkanes) is 1. The first-order valence-corrected chi connectivity index (χ1v) is 7.83. The molecule has 5 heteroatoms. The van der Waals surface area contributed by atoms with Crippen LogP contribution in [-0.4, -0.2) is 51.6 Å². The van der Waals surface area contributed by atoms with Crippen molar-refractivity contribution in [3.63, 3.8) is 0 Å². The third-order valence-corrected chi connectivity index (χ3v) is 4.05. The molecule has 1 fully saturated rings. The Balaban J connectivity index is 2.01. The highest BCUT2D eigenvalue weighted by Crippen LogP contribution is 2.29. The van der Waals surface area contributed by atoms with Crippen LogP contribution in [-0.2, 0) is 4.74 Å². The van der Waals surface area contributed by atoms with E-state index in [0.717, 1.165) is 32.1 Å². The molecular formula is C15H30O5. The SMILES string of the molecule is CC(O)CCOC(O)CCCCC1CCC(O)CC1O. The Morgan fingerprint density at radius 3 is 2.50 bits per heavy atom. The summed E-state index contributed by atoms with van der Waals surface area (Å²) in [5.41, 5.74) is 0. The molecule has 0 aliphatic heterocycles. The first-order valence-electron chi connectivity index (χ1n) is 7.83. The fraction of sp³-hybridized carbons (Fsp3) is 1.00. The Morgan fingerprint density at radius 2 is 1.85 bits per heavy atom. The molecule has 5 atom stereocenters. The Labute approximate surface area is 121 Å². The Morgan fingerprint density at radius 1 is 1.10 bits per heavy atom. The predicted molar refractivity (Wildman–Crippen MR) is 76.1 cm³/mol.